The third kappa shape index (κ3) is 6.88. The normalized spacial score (nSPS) is 19.6. The number of carbonyl (C=O) groups excluding carboxylic acids is 1. The first-order valence-corrected chi connectivity index (χ1v) is 14.5. The topological polar surface area (TPSA) is 99.2 Å². The number of nitrogens with zero attached hydrogens (tertiary/aromatic N) is 2. The number of hydrogen-bond acceptors (Lipinski definition) is 5. The molecule has 0 unspecified atom stereocenters. The SMILES string of the molecule is C[C@@H]1CN([C@@H](C)CO)S(=O)(=O)c2ccc(/C=C/c3ccccc3)cc2O[C@H]1CN(C)C(=O)Nc1cccc(F)c1. The molecule has 1 aliphatic heterocycles. The smallest absolute Gasteiger partial charge is 0.321 e. The highest BCUT2D eigenvalue weighted by Gasteiger charge is 2.38. The lowest BCUT2D eigenvalue weighted by molar-refractivity contribution is 0.0830. The molecule has 10 heteroatoms. The average Bonchev–Trinajstić information content (AvgIpc) is 2.93. The van der Waals surface area contributed by atoms with E-state index in [9.17, 15) is 22.7 Å². The molecule has 1 aliphatic rings. The van der Waals surface area contributed by atoms with Gasteiger partial charge >= 0.3 is 6.03 Å². The number of benzene rings is 3. The van der Waals surface area contributed by atoms with Crippen LogP contribution in [0.25, 0.3) is 12.2 Å². The van der Waals surface area contributed by atoms with E-state index < -0.39 is 34.0 Å². The van der Waals surface area contributed by atoms with Crippen LogP contribution < -0.4 is 10.1 Å². The first-order chi connectivity index (χ1) is 19.1. The van der Waals surface area contributed by atoms with Gasteiger partial charge in [0.1, 0.15) is 22.6 Å². The van der Waals surface area contributed by atoms with E-state index in [0.717, 1.165) is 11.1 Å². The van der Waals surface area contributed by atoms with Crippen LogP contribution in [0.1, 0.15) is 25.0 Å². The van der Waals surface area contributed by atoms with E-state index >= 15 is 0 Å². The highest BCUT2D eigenvalue weighted by molar-refractivity contribution is 7.89. The number of fused-ring (bicyclic) bond motifs is 1. The number of sulfonamides is 1. The van der Waals surface area contributed by atoms with Crippen LogP contribution in [0.15, 0.2) is 77.7 Å². The molecule has 0 aromatic heterocycles. The molecule has 0 radical (unpaired) electrons. The molecule has 0 fully saturated rings. The molecule has 212 valence electrons. The summed E-state index contributed by atoms with van der Waals surface area (Å²) >= 11 is 0. The van der Waals surface area contributed by atoms with Gasteiger partial charge in [0.2, 0.25) is 10.0 Å². The number of amides is 2. The Hall–Kier alpha value is -3.73. The molecule has 3 aromatic carbocycles. The van der Waals surface area contributed by atoms with Crippen molar-refractivity contribution in [3.05, 3.63) is 89.7 Å². The maximum absolute atomic E-state index is 13.7. The van der Waals surface area contributed by atoms with Gasteiger partial charge in [0.15, 0.2) is 0 Å². The van der Waals surface area contributed by atoms with Crippen molar-refractivity contribution in [1.29, 1.82) is 0 Å². The van der Waals surface area contributed by atoms with Crippen LogP contribution in [0.4, 0.5) is 14.9 Å². The number of likely N-dealkylation sites (N-methyl/N-ethyl adjacent to an activating group) is 1. The second-order valence-corrected chi connectivity index (χ2v) is 11.9. The number of anilines is 1. The van der Waals surface area contributed by atoms with Gasteiger partial charge in [-0.2, -0.15) is 4.31 Å². The largest absolute Gasteiger partial charge is 0.487 e. The van der Waals surface area contributed by atoms with Gasteiger partial charge in [-0.1, -0.05) is 61.5 Å². The highest BCUT2D eigenvalue weighted by Crippen LogP contribution is 2.34. The third-order valence-corrected chi connectivity index (χ3v) is 8.85. The molecule has 1 heterocycles. The molecule has 40 heavy (non-hydrogen) atoms. The van der Waals surface area contributed by atoms with Crippen molar-refractivity contribution in [1.82, 2.24) is 9.21 Å². The van der Waals surface area contributed by atoms with Crippen LogP contribution in [0, 0.1) is 11.7 Å². The van der Waals surface area contributed by atoms with Gasteiger partial charge in [0.25, 0.3) is 0 Å². The zero-order valence-corrected chi connectivity index (χ0v) is 23.5. The minimum atomic E-state index is -3.99. The third-order valence-electron chi connectivity index (χ3n) is 6.84. The molecule has 0 aliphatic carbocycles. The Morgan fingerprint density at radius 3 is 2.55 bits per heavy atom. The average molecular weight is 568 g/mol. The van der Waals surface area contributed by atoms with Crippen molar-refractivity contribution in [3.8, 4) is 5.75 Å². The van der Waals surface area contributed by atoms with Gasteiger partial charge in [0, 0.05) is 31.2 Å². The molecule has 0 saturated heterocycles. The molecule has 2 N–H and O–H groups in total. The maximum atomic E-state index is 13.7. The fourth-order valence-electron chi connectivity index (χ4n) is 4.46. The van der Waals surface area contributed by atoms with Crippen molar-refractivity contribution in [2.24, 2.45) is 5.92 Å². The maximum Gasteiger partial charge on any atom is 0.321 e. The van der Waals surface area contributed by atoms with Gasteiger partial charge in [-0.25, -0.2) is 17.6 Å². The number of ether oxygens (including phenoxy) is 1. The Kier molecular flexibility index (Phi) is 9.24. The van der Waals surface area contributed by atoms with Gasteiger partial charge in [-0.3, -0.25) is 0 Å². The van der Waals surface area contributed by atoms with E-state index in [1.54, 1.807) is 32.2 Å². The van der Waals surface area contributed by atoms with E-state index in [2.05, 4.69) is 5.32 Å². The van der Waals surface area contributed by atoms with E-state index in [0.29, 0.717) is 5.69 Å². The monoisotopic (exact) mass is 567 g/mol. The molecular formula is C30H34FN3O5S. The quantitative estimate of drug-likeness (QED) is 0.395. The summed E-state index contributed by atoms with van der Waals surface area (Å²) in [7, 11) is -2.40. The van der Waals surface area contributed by atoms with Crippen LogP contribution in [0.3, 0.4) is 0 Å². The summed E-state index contributed by atoms with van der Waals surface area (Å²) in [6.07, 6.45) is 3.21. The van der Waals surface area contributed by atoms with Crippen molar-refractivity contribution >= 4 is 33.9 Å². The van der Waals surface area contributed by atoms with Crippen LogP contribution in [0.2, 0.25) is 0 Å². The molecule has 4 rings (SSSR count). The number of halogens is 1. The van der Waals surface area contributed by atoms with Crippen molar-refractivity contribution in [2.75, 3.05) is 32.1 Å². The Balaban J connectivity index is 1.65. The lowest BCUT2D eigenvalue weighted by Crippen LogP contribution is -2.50. The predicted octanol–water partition coefficient (Wildman–Crippen LogP) is 4.93. The summed E-state index contributed by atoms with van der Waals surface area (Å²) in [6.45, 7) is 3.37. The lowest BCUT2D eigenvalue weighted by atomic mass is 10.0. The van der Waals surface area contributed by atoms with Crippen molar-refractivity contribution in [2.45, 2.75) is 30.9 Å². The van der Waals surface area contributed by atoms with E-state index in [-0.39, 0.29) is 36.3 Å². The van der Waals surface area contributed by atoms with Gasteiger partial charge < -0.3 is 20.1 Å². The van der Waals surface area contributed by atoms with Gasteiger partial charge in [0.05, 0.1) is 13.2 Å². The van der Waals surface area contributed by atoms with Crippen LogP contribution in [-0.4, -0.2) is 67.7 Å². The summed E-state index contributed by atoms with van der Waals surface area (Å²) in [5.74, 6) is -0.642. The number of nitrogens with one attached hydrogen (secondary N) is 1. The van der Waals surface area contributed by atoms with Crippen molar-refractivity contribution < 1.29 is 27.4 Å². The first kappa shape index (κ1) is 29.3. The van der Waals surface area contributed by atoms with Crippen LogP contribution in [0.5, 0.6) is 5.75 Å². The zero-order valence-electron chi connectivity index (χ0n) is 22.7. The number of carbonyl (C=O) groups is 1. The highest BCUT2D eigenvalue weighted by atomic mass is 32.2. The fraction of sp³-hybridized carbons (Fsp3) is 0.300. The summed E-state index contributed by atoms with van der Waals surface area (Å²) in [6, 6.07) is 19.1. The number of rotatable bonds is 7. The Bertz CT molecular complexity index is 1470. The Morgan fingerprint density at radius 1 is 1.12 bits per heavy atom. The Labute approximate surface area is 234 Å². The molecule has 0 spiro atoms. The molecule has 2 amide bonds. The lowest BCUT2D eigenvalue weighted by Gasteiger charge is -2.37. The molecule has 3 atom stereocenters. The standard InChI is InChI=1S/C30H34FN3O5S/c1-21-18-34(22(2)20-35)40(37,38)29-15-14-24(13-12-23-8-5-4-6-9-23)16-27(29)39-28(21)19-33(3)30(36)32-26-11-7-10-25(31)17-26/h4-17,21-22,28,35H,18-20H2,1-3H3,(H,32,36)/b13-12+/t21-,22+,28+/m1/s1. The summed E-state index contributed by atoms with van der Waals surface area (Å²) < 4.78 is 48.6. The summed E-state index contributed by atoms with van der Waals surface area (Å²) in [4.78, 5) is 14.3. The van der Waals surface area contributed by atoms with Crippen LogP contribution in [-0.2, 0) is 10.0 Å². The van der Waals surface area contributed by atoms with E-state index in [4.69, 9.17) is 4.74 Å². The zero-order chi connectivity index (χ0) is 28.9. The number of aliphatic hydroxyl groups excluding tert-OH is 1. The fourth-order valence-corrected chi connectivity index (χ4v) is 6.28. The minimum Gasteiger partial charge on any atom is -0.487 e. The predicted molar refractivity (Wildman–Crippen MR) is 154 cm³/mol. The molecule has 0 saturated carbocycles. The van der Waals surface area contributed by atoms with Gasteiger partial charge in [-0.15, -0.1) is 0 Å². The molecule has 3 aromatic rings. The number of aliphatic hydroxyl groups is 1. The van der Waals surface area contributed by atoms with E-state index in [1.807, 2.05) is 49.4 Å². The Morgan fingerprint density at radius 2 is 1.85 bits per heavy atom. The first-order valence-electron chi connectivity index (χ1n) is 13.0. The second kappa shape index (κ2) is 12.6. The summed E-state index contributed by atoms with van der Waals surface area (Å²) in [5.41, 5.74) is 2.05. The van der Waals surface area contributed by atoms with Crippen LogP contribution >= 0.6 is 0 Å². The molecule has 0 bridgehead atoms. The van der Waals surface area contributed by atoms with Gasteiger partial charge in [-0.05, 0) is 48.4 Å². The van der Waals surface area contributed by atoms with E-state index in [1.165, 1.54) is 33.5 Å². The molecule has 8 nitrogen and oxygen atoms in total. The second-order valence-electron chi connectivity index (χ2n) is 10.0. The summed E-state index contributed by atoms with van der Waals surface area (Å²) in [5, 5.41) is 12.5. The van der Waals surface area contributed by atoms with Crippen molar-refractivity contribution in [3.63, 3.8) is 0 Å². The minimum absolute atomic E-state index is 0.00609. The number of hydrogen-bond donors (Lipinski definition) is 2. The number of urea groups is 1. The molecular weight excluding hydrogens is 533 g/mol.